The number of nitrogens with zero attached hydrogens (tertiary/aromatic N) is 1. The molecule has 1 N–H and O–H groups in total. The molecule has 3 aromatic carbocycles. The standard InChI is InChI=1S/C29H27NO5/c1-4-19-7-9-20(10-8-19)26-25(27(31)22-15-17(2)5-6-18(22)3)28(32)29(33)30(26)21-11-12-23-24(16-21)35-14-13-34-23/h5-12,15-16,26,31H,4,13-14H2,1-3H3/b27-25+. The van der Waals surface area contributed by atoms with E-state index in [1.807, 2.05) is 56.3 Å². The summed E-state index contributed by atoms with van der Waals surface area (Å²) in [6.07, 6.45) is 0.866. The molecule has 1 unspecified atom stereocenters. The van der Waals surface area contributed by atoms with Gasteiger partial charge in [0.05, 0.1) is 11.6 Å². The third-order valence-corrected chi connectivity index (χ3v) is 6.60. The number of hydrogen-bond acceptors (Lipinski definition) is 5. The summed E-state index contributed by atoms with van der Waals surface area (Å²) in [6, 6.07) is 17.9. The number of carbonyl (C=O) groups is 2. The summed E-state index contributed by atoms with van der Waals surface area (Å²) in [7, 11) is 0. The lowest BCUT2D eigenvalue weighted by molar-refractivity contribution is -0.132. The average Bonchev–Trinajstić information content (AvgIpc) is 3.15. The Kier molecular flexibility index (Phi) is 5.81. The molecule has 1 atom stereocenters. The highest BCUT2D eigenvalue weighted by Gasteiger charge is 2.47. The Bertz CT molecular complexity index is 1360. The Morgan fingerprint density at radius 1 is 0.943 bits per heavy atom. The topological polar surface area (TPSA) is 76.1 Å². The minimum Gasteiger partial charge on any atom is -0.507 e. The second-order valence-electron chi connectivity index (χ2n) is 8.91. The Morgan fingerprint density at radius 3 is 2.37 bits per heavy atom. The van der Waals surface area contributed by atoms with Crippen LogP contribution < -0.4 is 14.4 Å². The highest BCUT2D eigenvalue weighted by atomic mass is 16.6. The molecular weight excluding hydrogens is 442 g/mol. The average molecular weight is 470 g/mol. The van der Waals surface area contributed by atoms with Gasteiger partial charge in [-0.3, -0.25) is 14.5 Å². The van der Waals surface area contributed by atoms with Crippen LogP contribution in [-0.4, -0.2) is 30.0 Å². The van der Waals surface area contributed by atoms with Crippen molar-refractivity contribution in [3.63, 3.8) is 0 Å². The van der Waals surface area contributed by atoms with Crippen molar-refractivity contribution in [3.05, 3.63) is 94.1 Å². The molecule has 1 saturated heterocycles. The number of fused-ring (bicyclic) bond motifs is 1. The van der Waals surface area contributed by atoms with Gasteiger partial charge in [-0.1, -0.05) is 48.9 Å². The number of anilines is 1. The van der Waals surface area contributed by atoms with Crippen LogP contribution in [0.5, 0.6) is 11.5 Å². The Hall–Kier alpha value is -4.06. The molecule has 0 aliphatic carbocycles. The lowest BCUT2D eigenvalue weighted by atomic mass is 9.92. The molecule has 6 nitrogen and oxygen atoms in total. The van der Waals surface area contributed by atoms with Gasteiger partial charge in [0.1, 0.15) is 19.0 Å². The van der Waals surface area contributed by atoms with Gasteiger partial charge in [0, 0.05) is 17.3 Å². The van der Waals surface area contributed by atoms with E-state index in [9.17, 15) is 14.7 Å². The molecule has 3 aromatic rings. The Labute approximate surface area is 204 Å². The molecule has 2 heterocycles. The molecule has 1 fully saturated rings. The molecule has 0 spiro atoms. The van der Waals surface area contributed by atoms with Crippen molar-refractivity contribution in [2.75, 3.05) is 18.1 Å². The predicted octanol–water partition coefficient (Wildman–Crippen LogP) is 5.26. The smallest absolute Gasteiger partial charge is 0.300 e. The fourth-order valence-electron chi connectivity index (χ4n) is 4.67. The van der Waals surface area contributed by atoms with E-state index in [0.29, 0.717) is 36.0 Å². The SMILES string of the molecule is CCc1ccc(C2/C(=C(\O)c3cc(C)ccc3C)C(=O)C(=O)N2c2ccc3c(c2)OCCO3)cc1. The van der Waals surface area contributed by atoms with Crippen molar-refractivity contribution in [1.82, 2.24) is 0 Å². The Balaban J connectivity index is 1.71. The minimum absolute atomic E-state index is 0.0721. The summed E-state index contributed by atoms with van der Waals surface area (Å²) in [5, 5.41) is 11.4. The van der Waals surface area contributed by atoms with Crippen molar-refractivity contribution in [1.29, 1.82) is 0 Å². The maximum atomic E-state index is 13.4. The maximum absolute atomic E-state index is 13.4. The number of aliphatic hydroxyl groups is 1. The minimum atomic E-state index is -0.789. The summed E-state index contributed by atoms with van der Waals surface area (Å²) in [6.45, 7) is 6.72. The number of aliphatic hydroxyl groups excluding tert-OH is 1. The van der Waals surface area contributed by atoms with Crippen LogP contribution in [0.1, 0.15) is 40.8 Å². The second kappa shape index (κ2) is 8.95. The summed E-state index contributed by atoms with van der Waals surface area (Å²) < 4.78 is 11.3. The van der Waals surface area contributed by atoms with E-state index in [2.05, 4.69) is 6.92 Å². The predicted molar refractivity (Wildman–Crippen MR) is 134 cm³/mol. The monoisotopic (exact) mass is 469 g/mol. The molecule has 6 heteroatoms. The summed E-state index contributed by atoms with van der Waals surface area (Å²) in [4.78, 5) is 28.3. The lowest BCUT2D eigenvalue weighted by Gasteiger charge is -2.27. The lowest BCUT2D eigenvalue weighted by Crippen LogP contribution is -2.29. The molecule has 0 saturated carbocycles. The van der Waals surface area contributed by atoms with Crippen LogP contribution in [0.4, 0.5) is 5.69 Å². The van der Waals surface area contributed by atoms with Gasteiger partial charge in [-0.15, -0.1) is 0 Å². The first-order chi connectivity index (χ1) is 16.9. The van der Waals surface area contributed by atoms with Gasteiger partial charge in [0.25, 0.3) is 11.7 Å². The van der Waals surface area contributed by atoms with Gasteiger partial charge >= 0.3 is 0 Å². The van der Waals surface area contributed by atoms with Crippen LogP contribution >= 0.6 is 0 Å². The fourth-order valence-corrected chi connectivity index (χ4v) is 4.67. The third kappa shape index (κ3) is 3.95. The number of amides is 1. The molecule has 0 bridgehead atoms. The summed E-state index contributed by atoms with van der Waals surface area (Å²) in [5.41, 5.74) is 4.76. The van der Waals surface area contributed by atoms with Crippen LogP contribution in [0.25, 0.3) is 5.76 Å². The normalized spacial score (nSPS) is 18.7. The molecule has 5 rings (SSSR count). The van der Waals surface area contributed by atoms with E-state index in [-0.39, 0.29) is 11.3 Å². The fraction of sp³-hybridized carbons (Fsp3) is 0.241. The van der Waals surface area contributed by atoms with Crippen molar-refractivity contribution in [3.8, 4) is 11.5 Å². The van der Waals surface area contributed by atoms with Crippen LogP contribution in [0, 0.1) is 13.8 Å². The van der Waals surface area contributed by atoms with E-state index < -0.39 is 17.7 Å². The van der Waals surface area contributed by atoms with Crippen LogP contribution in [0.3, 0.4) is 0 Å². The van der Waals surface area contributed by atoms with Crippen LogP contribution in [0.15, 0.2) is 66.2 Å². The molecule has 0 radical (unpaired) electrons. The zero-order chi connectivity index (χ0) is 24.7. The van der Waals surface area contributed by atoms with Crippen LogP contribution in [0.2, 0.25) is 0 Å². The van der Waals surface area contributed by atoms with E-state index >= 15 is 0 Å². The van der Waals surface area contributed by atoms with Gasteiger partial charge in [-0.2, -0.15) is 0 Å². The third-order valence-electron chi connectivity index (χ3n) is 6.60. The number of ether oxygens (including phenoxy) is 2. The first kappa shape index (κ1) is 22.7. The van der Waals surface area contributed by atoms with Gasteiger partial charge in [0.2, 0.25) is 0 Å². The van der Waals surface area contributed by atoms with E-state index in [1.54, 1.807) is 18.2 Å². The van der Waals surface area contributed by atoms with Crippen molar-refractivity contribution < 1.29 is 24.2 Å². The molecule has 35 heavy (non-hydrogen) atoms. The zero-order valence-corrected chi connectivity index (χ0v) is 20.0. The quantitative estimate of drug-likeness (QED) is 0.320. The Morgan fingerprint density at radius 2 is 1.66 bits per heavy atom. The van der Waals surface area contributed by atoms with Crippen LogP contribution in [-0.2, 0) is 16.0 Å². The highest BCUT2D eigenvalue weighted by molar-refractivity contribution is 6.51. The van der Waals surface area contributed by atoms with Crippen molar-refractivity contribution >= 4 is 23.1 Å². The molecule has 2 aliphatic rings. The largest absolute Gasteiger partial charge is 0.507 e. The molecule has 0 aromatic heterocycles. The number of hydrogen-bond donors (Lipinski definition) is 1. The molecular formula is C29H27NO5. The first-order valence-corrected chi connectivity index (χ1v) is 11.8. The number of Topliss-reactive ketones (excluding diaryl/α,β-unsaturated/α-hetero) is 1. The van der Waals surface area contributed by atoms with Gasteiger partial charge in [-0.25, -0.2) is 0 Å². The number of benzene rings is 3. The first-order valence-electron chi connectivity index (χ1n) is 11.8. The van der Waals surface area contributed by atoms with Gasteiger partial charge in [-0.05, 0) is 55.2 Å². The van der Waals surface area contributed by atoms with Crippen molar-refractivity contribution in [2.45, 2.75) is 33.2 Å². The van der Waals surface area contributed by atoms with E-state index in [0.717, 1.165) is 28.7 Å². The molecule has 1 amide bonds. The highest BCUT2D eigenvalue weighted by Crippen LogP contribution is 2.44. The number of carbonyl (C=O) groups excluding carboxylic acids is 2. The number of rotatable bonds is 4. The van der Waals surface area contributed by atoms with Gasteiger partial charge in [0.15, 0.2) is 11.5 Å². The second-order valence-corrected chi connectivity index (χ2v) is 8.91. The molecule has 2 aliphatic heterocycles. The number of ketones is 1. The summed E-state index contributed by atoms with van der Waals surface area (Å²) >= 11 is 0. The van der Waals surface area contributed by atoms with E-state index in [1.165, 1.54) is 4.90 Å². The van der Waals surface area contributed by atoms with Crippen molar-refractivity contribution in [2.24, 2.45) is 0 Å². The van der Waals surface area contributed by atoms with E-state index in [4.69, 9.17) is 9.47 Å². The molecule has 178 valence electrons. The maximum Gasteiger partial charge on any atom is 0.300 e. The van der Waals surface area contributed by atoms with Gasteiger partial charge < -0.3 is 14.6 Å². The summed E-state index contributed by atoms with van der Waals surface area (Å²) in [5.74, 6) is -0.476. The zero-order valence-electron chi connectivity index (χ0n) is 20.0. The number of aryl methyl sites for hydroxylation is 3.